The maximum atomic E-state index is 11.8. The van der Waals surface area contributed by atoms with E-state index in [1.54, 1.807) is 6.07 Å². The minimum atomic E-state index is -1.04. The number of aliphatic carboxylic acids is 1. The van der Waals surface area contributed by atoms with Gasteiger partial charge >= 0.3 is 5.97 Å². The molecule has 0 radical (unpaired) electrons. The maximum Gasteiger partial charge on any atom is 0.325 e. The molecule has 0 spiro atoms. The number of carboxylic acid groups (broad SMARTS) is 1. The lowest BCUT2D eigenvalue weighted by Gasteiger charge is -2.32. The molecule has 1 saturated heterocycles. The van der Waals surface area contributed by atoms with Crippen LogP contribution in [0.3, 0.4) is 0 Å². The van der Waals surface area contributed by atoms with E-state index in [-0.39, 0.29) is 18.1 Å². The zero-order valence-corrected chi connectivity index (χ0v) is 10.2. The molecule has 0 aromatic carbocycles. The van der Waals surface area contributed by atoms with Gasteiger partial charge in [0.15, 0.2) is 0 Å². The van der Waals surface area contributed by atoms with Gasteiger partial charge < -0.3 is 5.11 Å². The van der Waals surface area contributed by atoms with Gasteiger partial charge in [-0.25, -0.2) is 4.68 Å². The molecule has 1 aromatic heterocycles. The first-order valence-electron chi connectivity index (χ1n) is 6.11. The number of carbonyl (C=O) groups is 1. The summed E-state index contributed by atoms with van der Waals surface area (Å²) in [7, 11) is 2.08. The molecule has 0 amide bonds. The maximum absolute atomic E-state index is 11.8. The Balaban J connectivity index is 2.05. The van der Waals surface area contributed by atoms with Gasteiger partial charge in [0, 0.05) is 24.6 Å². The van der Waals surface area contributed by atoms with Gasteiger partial charge in [0.25, 0.3) is 5.56 Å². The van der Waals surface area contributed by atoms with Crippen LogP contribution >= 0.6 is 0 Å². The van der Waals surface area contributed by atoms with Crippen molar-refractivity contribution >= 4 is 5.97 Å². The molecule has 6 heteroatoms. The zero-order chi connectivity index (χ0) is 12.9. The standard InChI is InChI=1S/C12H15N3O3/c1-14-7-2-3-10(14)8-5-11(16)15(6-12(17)18)13-9(8)4-7/h5,7,10H,2-4,6H2,1H3,(H,17,18)/t7-,10-/m1/s1. The molecular formula is C12H15N3O3. The van der Waals surface area contributed by atoms with E-state index in [4.69, 9.17) is 5.11 Å². The van der Waals surface area contributed by atoms with Crippen LogP contribution in [-0.4, -0.2) is 38.8 Å². The summed E-state index contributed by atoms with van der Waals surface area (Å²) >= 11 is 0. The van der Waals surface area contributed by atoms with Crippen LogP contribution in [0, 0.1) is 0 Å². The van der Waals surface area contributed by atoms with Crippen LogP contribution in [0.4, 0.5) is 0 Å². The summed E-state index contributed by atoms with van der Waals surface area (Å²) in [6, 6.07) is 2.32. The first-order chi connectivity index (χ1) is 8.56. The number of aromatic nitrogens is 2. The van der Waals surface area contributed by atoms with Gasteiger partial charge in [-0.3, -0.25) is 14.5 Å². The van der Waals surface area contributed by atoms with E-state index >= 15 is 0 Å². The van der Waals surface area contributed by atoms with Crippen LogP contribution in [0.25, 0.3) is 0 Å². The number of hydrogen-bond acceptors (Lipinski definition) is 4. The predicted octanol–water partition coefficient (Wildman–Crippen LogP) is 0.0193. The van der Waals surface area contributed by atoms with Crippen molar-refractivity contribution in [2.24, 2.45) is 0 Å². The SMILES string of the molecule is CN1[C@@H]2CC[C@@H]1c1cc(=O)n(CC(=O)O)nc1C2. The molecular weight excluding hydrogens is 234 g/mol. The fourth-order valence-corrected chi connectivity index (χ4v) is 3.09. The molecule has 3 heterocycles. The molecule has 1 aromatic rings. The Bertz CT molecular complexity index is 566. The van der Waals surface area contributed by atoms with Gasteiger partial charge in [-0.05, 0) is 25.5 Å². The third kappa shape index (κ3) is 1.64. The van der Waals surface area contributed by atoms with E-state index in [0.29, 0.717) is 6.04 Å². The van der Waals surface area contributed by atoms with Gasteiger partial charge in [-0.1, -0.05) is 0 Å². The summed E-state index contributed by atoms with van der Waals surface area (Å²) in [5.41, 5.74) is 1.55. The molecule has 6 nitrogen and oxygen atoms in total. The van der Waals surface area contributed by atoms with Crippen LogP contribution in [0.1, 0.15) is 30.1 Å². The first-order valence-corrected chi connectivity index (χ1v) is 6.11. The van der Waals surface area contributed by atoms with Crippen LogP contribution in [0.2, 0.25) is 0 Å². The average Bonchev–Trinajstić information content (AvgIpc) is 2.55. The van der Waals surface area contributed by atoms with E-state index in [1.807, 2.05) is 0 Å². The minimum Gasteiger partial charge on any atom is -0.480 e. The normalized spacial score (nSPS) is 26.1. The summed E-state index contributed by atoms with van der Waals surface area (Å²) in [6.07, 6.45) is 2.98. The minimum absolute atomic E-state index is 0.276. The molecule has 1 N–H and O–H groups in total. The fourth-order valence-electron chi connectivity index (χ4n) is 3.09. The van der Waals surface area contributed by atoms with E-state index in [1.165, 1.54) is 0 Å². The highest BCUT2D eigenvalue weighted by atomic mass is 16.4. The first kappa shape index (κ1) is 11.4. The lowest BCUT2D eigenvalue weighted by Crippen LogP contribution is -2.38. The largest absolute Gasteiger partial charge is 0.480 e. The molecule has 1 fully saturated rings. The van der Waals surface area contributed by atoms with E-state index in [9.17, 15) is 9.59 Å². The molecule has 2 aliphatic rings. The van der Waals surface area contributed by atoms with Crippen LogP contribution < -0.4 is 5.56 Å². The number of rotatable bonds is 2. The summed E-state index contributed by atoms with van der Waals surface area (Å²) in [5.74, 6) is -1.04. The van der Waals surface area contributed by atoms with Gasteiger partial charge in [0.2, 0.25) is 0 Å². The zero-order valence-electron chi connectivity index (χ0n) is 10.2. The van der Waals surface area contributed by atoms with E-state index < -0.39 is 5.97 Å². The molecule has 2 atom stereocenters. The van der Waals surface area contributed by atoms with Crippen molar-refractivity contribution in [2.45, 2.75) is 37.9 Å². The van der Waals surface area contributed by atoms with Crippen molar-refractivity contribution < 1.29 is 9.90 Å². The number of hydrogen-bond donors (Lipinski definition) is 1. The molecule has 2 bridgehead atoms. The van der Waals surface area contributed by atoms with Crippen molar-refractivity contribution in [3.05, 3.63) is 27.7 Å². The Hall–Kier alpha value is -1.69. The average molecular weight is 249 g/mol. The molecule has 2 aliphatic heterocycles. The van der Waals surface area contributed by atoms with E-state index in [0.717, 1.165) is 35.2 Å². The van der Waals surface area contributed by atoms with Crippen LogP contribution in [-0.2, 0) is 17.8 Å². The highest BCUT2D eigenvalue weighted by molar-refractivity contribution is 5.66. The van der Waals surface area contributed by atoms with Crippen LogP contribution in [0.15, 0.2) is 10.9 Å². The second-order valence-corrected chi connectivity index (χ2v) is 5.05. The number of fused-ring (bicyclic) bond motifs is 4. The van der Waals surface area contributed by atoms with Gasteiger partial charge in [0.05, 0.1) is 5.69 Å². The van der Waals surface area contributed by atoms with Crippen LogP contribution in [0.5, 0.6) is 0 Å². The highest BCUT2D eigenvalue weighted by Gasteiger charge is 2.38. The Labute approximate surface area is 104 Å². The topological polar surface area (TPSA) is 75.4 Å². The van der Waals surface area contributed by atoms with Crippen molar-refractivity contribution in [3.63, 3.8) is 0 Å². The molecule has 0 aliphatic carbocycles. The quantitative estimate of drug-likeness (QED) is 0.799. The Morgan fingerprint density at radius 2 is 2.33 bits per heavy atom. The van der Waals surface area contributed by atoms with Gasteiger partial charge in [-0.15, -0.1) is 0 Å². The summed E-state index contributed by atoms with van der Waals surface area (Å²) in [4.78, 5) is 24.8. The van der Waals surface area contributed by atoms with Gasteiger partial charge in [0.1, 0.15) is 6.54 Å². The fraction of sp³-hybridized carbons (Fsp3) is 0.583. The summed E-state index contributed by atoms with van der Waals surface area (Å²) < 4.78 is 1.05. The summed E-state index contributed by atoms with van der Waals surface area (Å²) in [5, 5.41) is 13.0. The summed E-state index contributed by atoms with van der Waals surface area (Å²) in [6.45, 7) is -0.364. The number of nitrogens with zero attached hydrogens (tertiary/aromatic N) is 3. The van der Waals surface area contributed by atoms with Crippen molar-refractivity contribution in [2.75, 3.05) is 7.05 Å². The van der Waals surface area contributed by atoms with Gasteiger partial charge in [-0.2, -0.15) is 5.10 Å². The Morgan fingerprint density at radius 1 is 1.56 bits per heavy atom. The third-order valence-corrected chi connectivity index (χ3v) is 4.02. The molecule has 18 heavy (non-hydrogen) atoms. The molecule has 3 rings (SSSR count). The predicted molar refractivity (Wildman–Crippen MR) is 63.4 cm³/mol. The van der Waals surface area contributed by atoms with Crippen molar-refractivity contribution in [1.29, 1.82) is 0 Å². The van der Waals surface area contributed by atoms with E-state index in [2.05, 4.69) is 17.0 Å². The Kier molecular flexibility index (Phi) is 2.48. The monoisotopic (exact) mass is 249 g/mol. The lowest BCUT2D eigenvalue weighted by atomic mass is 9.99. The lowest BCUT2D eigenvalue weighted by molar-refractivity contribution is -0.138. The third-order valence-electron chi connectivity index (χ3n) is 4.02. The second kappa shape index (κ2) is 3.91. The molecule has 96 valence electrons. The highest BCUT2D eigenvalue weighted by Crippen LogP contribution is 2.40. The van der Waals surface area contributed by atoms with Crippen molar-refractivity contribution in [1.82, 2.24) is 14.7 Å². The number of likely N-dealkylation sites (N-methyl/N-ethyl adjacent to an activating group) is 1. The smallest absolute Gasteiger partial charge is 0.325 e. The Morgan fingerprint density at radius 3 is 3.06 bits per heavy atom. The molecule has 0 unspecified atom stereocenters. The van der Waals surface area contributed by atoms with Crippen molar-refractivity contribution in [3.8, 4) is 0 Å². The second-order valence-electron chi connectivity index (χ2n) is 5.05. The molecule has 0 saturated carbocycles. The number of carboxylic acids is 1.